The summed E-state index contributed by atoms with van der Waals surface area (Å²) in [6.07, 6.45) is 12.1. The zero-order valence-electron chi connectivity index (χ0n) is 22.8. The van der Waals surface area contributed by atoms with Crippen LogP contribution in [0.4, 0.5) is 0 Å². The van der Waals surface area contributed by atoms with Gasteiger partial charge in [-0.1, -0.05) is 102 Å². The molecule has 5 nitrogen and oxygen atoms in total. The summed E-state index contributed by atoms with van der Waals surface area (Å²) in [4.78, 5) is 23.3. The minimum Gasteiger partial charge on any atom is -0.354 e. The van der Waals surface area contributed by atoms with Crippen molar-refractivity contribution in [2.75, 3.05) is 0 Å². The van der Waals surface area contributed by atoms with Gasteiger partial charge >= 0.3 is 0 Å². The Labute approximate surface area is 249 Å². The predicted octanol–water partition coefficient (Wildman–Crippen LogP) is 8.12. The lowest BCUT2D eigenvalue weighted by molar-refractivity contribution is 1.03. The van der Waals surface area contributed by atoms with Gasteiger partial charge in [0.25, 0.3) is 0 Å². The minimum atomic E-state index is -2.30. The van der Waals surface area contributed by atoms with Crippen LogP contribution in [0.5, 0.6) is 0 Å². The van der Waals surface area contributed by atoms with Crippen molar-refractivity contribution in [2.24, 2.45) is 4.99 Å². The lowest BCUT2D eigenvalue weighted by atomic mass is 9.90. The Morgan fingerprint density at radius 2 is 1.57 bits per heavy atom. The molecule has 1 N–H and O–H groups in total. The van der Waals surface area contributed by atoms with Gasteiger partial charge in [-0.2, -0.15) is 0 Å². The molecule has 0 bridgehead atoms. The summed E-state index contributed by atoms with van der Waals surface area (Å²) in [6.45, 7) is 0. The average Bonchev–Trinajstić information content (AvgIpc) is 3.43. The van der Waals surface area contributed by atoms with Crippen molar-refractivity contribution in [1.82, 2.24) is 19.9 Å². The molecule has 8 rings (SSSR count). The maximum Gasteiger partial charge on any atom is 0.184 e. The van der Waals surface area contributed by atoms with Crippen molar-refractivity contribution in [1.29, 1.82) is 0 Å². The summed E-state index contributed by atoms with van der Waals surface area (Å²) < 4.78 is 6.99. The highest BCUT2D eigenvalue weighted by Gasteiger charge is 2.20. The fourth-order valence-electron chi connectivity index (χ4n) is 5.85. The molecule has 1 aliphatic heterocycles. The molecule has 0 saturated carbocycles. The van der Waals surface area contributed by atoms with E-state index in [9.17, 15) is 0 Å². The number of aromatic amines is 1. The molecule has 6 aromatic rings. The molecule has 6 heteroatoms. The summed E-state index contributed by atoms with van der Waals surface area (Å²) in [6, 6.07) is 29.6. The fraction of sp³-hybridized carbons (Fsp3) is 0.0556. The van der Waals surface area contributed by atoms with Crippen LogP contribution in [0, 0.1) is 3.28 Å². The van der Waals surface area contributed by atoms with Gasteiger partial charge in [-0.3, -0.25) is 4.98 Å². The summed E-state index contributed by atoms with van der Waals surface area (Å²) >= 11 is -2.30. The molecular weight excluding hydrogens is 629 g/mol. The Balaban J connectivity index is 1.38. The van der Waals surface area contributed by atoms with E-state index in [0.29, 0.717) is 5.49 Å². The Bertz CT molecular complexity index is 2310. The van der Waals surface area contributed by atoms with Crippen molar-refractivity contribution in [2.45, 2.75) is 12.8 Å². The van der Waals surface area contributed by atoms with Crippen molar-refractivity contribution < 1.29 is 0 Å². The van der Waals surface area contributed by atoms with Gasteiger partial charge in [-0.25, -0.2) is 15.0 Å². The van der Waals surface area contributed by atoms with Gasteiger partial charge in [0.15, 0.2) is 5.49 Å². The summed E-state index contributed by atoms with van der Waals surface area (Å²) in [7, 11) is 0. The number of allylic oxidation sites excluding steroid dienone is 4. The molecule has 0 atom stereocenters. The number of hydrogen-bond donors (Lipinski definition) is 1. The maximum atomic E-state index is 5.29. The third kappa shape index (κ3) is 4.21. The molecule has 0 amide bonds. The van der Waals surface area contributed by atoms with Gasteiger partial charge in [0.2, 0.25) is 0 Å². The van der Waals surface area contributed by atoms with Crippen LogP contribution < -0.4 is 5.49 Å². The van der Waals surface area contributed by atoms with Gasteiger partial charge < -0.3 is 4.98 Å². The van der Waals surface area contributed by atoms with Crippen molar-refractivity contribution in [3.63, 3.8) is 0 Å². The van der Waals surface area contributed by atoms with E-state index in [0.717, 1.165) is 66.0 Å². The van der Waals surface area contributed by atoms with E-state index in [1.165, 1.54) is 14.7 Å². The number of benzene rings is 3. The van der Waals surface area contributed by atoms with Crippen LogP contribution in [0.25, 0.3) is 42.2 Å². The SMILES string of the molecule is C=I1=c2nc(C3=C(c4ccccc4)CCC=C3)cnc2=NC(c2ccccc2)=C1c1ccc2[nH]c3ccncc3c2c1. The number of pyridine rings is 1. The van der Waals surface area contributed by atoms with E-state index in [1.807, 2.05) is 30.7 Å². The molecule has 3 aromatic heterocycles. The number of rotatable bonds is 4. The van der Waals surface area contributed by atoms with Crippen LogP contribution in [-0.4, -0.2) is 24.5 Å². The number of H-pyrrole nitrogens is 1. The Kier molecular flexibility index (Phi) is 6.14. The second-order valence-corrected chi connectivity index (χ2v) is 14.5. The highest BCUT2D eigenvalue weighted by Crippen LogP contribution is 2.44. The lowest BCUT2D eigenvalue weighted by Gasteiger charge is -2.18. The molecule has 0 saturated heterocycles. The average molecular weight is 656 g/mol. The lowest BCUT2D eigenvalue weighted by Crippen LogP contribution is -2.15. The first-order valence-corrected chi connectivity index (χ1v) is 17.6. The Morgan fingerprint density at radius 3 is 2.40 bits per heavy atom. The molecule has 3 aromatic carbocycles. The summed E-state index contributed by atoms with van der Waals surface area (Å²) in [5, 5.41) is 2.26. The fourth-order valence-corrected chi connectivity index (χ4v) is 9.89. The molecule has 202 valence electrons. The van der Waals surface area contributed by atoms with Crippen molar-refractivity contribution in [3.05, 3.63) is 147 Å². The highest BCUT2D eigenvalue weighted by molar-refractivity contribution is 14.2. The highest BCUT2D eigenvalue weighted by atomic mass is 127. The standard InChI is InChI=1S/C36H26IN5/c1-37-33(25-16-17-30-28(20-25)29-21-38-19-18-31(29)40-30)34(24-12-6-3-7-13-24)42-36-35(37)41-32(22-39-36)27-15-9-8-14-26(27)23-10-4-2-5-11-23/h2-7,9-13,15-22,40H,1,8,14H2. The zero-order valence-corrected chi connectivity index (χ0v) is 24.9. The predicted molar refractivity (Wildman–Crippen MR) is 182 cm³/mol. The van der Waals surface area contributed by atoms with E-state index in [4.69, 9.17) is 19.5 Å². The number of nitrogens with one attached hydrogen (secondary N) is 1. The van der Waals surface area contributed by atoms with E-state index in [1.54, 1.807) is 0 Å². The van der Waals surface area contributed by atoms with E-state index in [2.05, 4.69) is 94.9 Å². The van der Waals surface area contributed by atoms with Gasteiger partial charge in [-0.05, 0) is 47.7 Å². The van der Waals surface area contributed by atoms with E-state index in [-0.39, 0.29) is 0 Å². The van der Waals surface area contributed by atoms with E-state index >= 15 is 0 Å². The summed E-state index contributed by atoms with van der Waals surface area (Å²) in [5.74, 6) is 0. The number of halogens is 1. The van der Waals surface area contributed by atoms with Crippen LogP contribution in [-0.2, 0) is 0 Å². The summed E-state index contributed by atoms with van der Waals surface area (Å²) in [5.41, 5.74) is 10.6. The molecule has 1 aliphatic carbocycles. The number of nitrogens with zero attached hydrogens (tertiary/aromatic N) is 4. The molecule has 4 heterocycles. The third-order valence-electron chi connectivity index (χ3n) is 7.85. The molecule has 0 radical (unpaired) electrons. The molecule has 0 spiro atoms. The van der Waals surface area contributed by atoms with Crippen LogP contribution >= 0.6 is 18.9 Å². The van der Waals surface area contributed by atoms with Gasteiger partial charge in [0.05, 0.1) is 17.6 Å². The molecule has 2 aliphatic rings. The van der Waals surface area contributed by atoms with E-state index < -0.39 is 18.9 Å². The van der Waals surface area contributed by atoms with Crippen LogP contribution in [0.15, 0.2) is 121 Å². The zero-order chi connectivity index (χ0) is 28.0. The number of fused-ring (bicyclic) bond motifs is 4. The normalized spacial score (nSPS) is 15.3. The molecule has 0 unspecified atom stereocenters. The number of aromatic nitrogens is 4. The van der Waals surface area contributed by atoms with Crippen molar-refractivity contribution >= 4 is 65.6 Å². The monoisotopic (exact) mass is 655 g/mol. The Morgan fingerprint density at radius 1 is 0.786 bits per heavy atom. The Hall–Kier alpha value is -4.69. The van der Waals surface area contributed by atoms with Gasteiger partial charge in [0.1, 0.15) is 3.28 Å². The first-order valence-electron chi connectivity index (χ1n) is 13.9. The van der Waals surface area contributed by atoms with Crippen LogP contribution in [0.1, 0.15) is 35.2 Å². The molecule has 0 fully saturated rings. The largest absolute Gasteiger partial charge is 0.354 e. The maximum absolute atomic E-state index is 5.29. The second kappa shape index (κ2) is 10.3. The first-order chi connectivity index (χ1) is 20.7. The van der Waals surface area contributed by atoms with Gasteiger partial charge in [-0.15, -0.1) is 0 Å². The van der Waals surface area contributed by atoms with Gasteiger partial charge in [0, 0.05) is 48.9 Å². The van der Waals surface area contributed by atoms with Crippen molar-refractivity contribution in [3.8, 4) is 0 Å². The second-order valence-electron chi connectivity index (χ2n) is 10.4. The molecule has 42 heavy (non-hydrogen) atoms. The number of hydrogen-bond acceptors (Lipinski definition) is 4. The third-order valence-corrected chi connectivity index (χ3v) is 12.2. The van der Waals surface area contributed by atoms with Crippen LogP contribution in [0.2, 0.25) is 0 Å². The smallest absolute Gasteiger partial charge is 0.184 e. The first kappa shape index (κ1) is 25.1. The minimum absolute atomic E-state index is 0.695. The quantitative estimate of drug-likeness (QED) is 0.195. The topological polar surface area (TPSA) is 66.8 Å². The van der Waals surface area contributed by atoms with Crippen LogP contribution in [0.3, 0.4) is 0 Å². The molecular formula is C36H26IN5.